The molecule has 0 fully saturated rings. The summed E-state index contributed by atoms with van der Waals surface area (Å²) in [6.07, 6.45) is -4.21. The fraction of sp³-hybridized carbons (Fsp3) is 0.200. The molecule has 0 aliphatic heterocycles. The van der Waals surface area contributed by atoms with Crippen LogP contribution in [0.15, 0.2) is 267 Å². The molecule has 0 bridgehead atoms. The average Bonchev–Trinajstić information content (AvgIpc) is 3.69. The van der Waals surface area contributed by atoms with Gasteiger partial charge < -0.3 is 18.9 Å². The van der Waals surface area contributed by atoms with Crippen molar-refractivity contribution < 1.29 is 36.5 Å². The van der Waals surface area contributed by atoms with Crippen molar-refractivity contribution in [3.63, 3.8) is 0 Å². The monoisotopic (exact) mass is 1190 g/mol. The third kappa shape index (κ3) is 31.1. The molecule has 0 aliphatic carbocycles. The Bertz CT molecular complexity index is 3480. The summed E-state index contributed by atoms with van der Waals surface area (Å²) in [5.41, 5.74) is 14.2. The molecule has 0 N–H and O–H groups in total. The maximum absolute atomic E-state index is 12.1. The minimum Gasteiger partial charge on any atom is -0.497 e. The number of rotatable bonds is 6. The first kappa shape index (κ1) is 72.9. The number of fused-ring (bicyclic) bond motifs is 1. The van der Waals surface area contributed by atoms with E-state index in [0.717, 1.165) is 52.9 Å². The molecule has 0 saturated heterocycles. The molecule has 0 spiro atoms. The Hall–Kier alpha value is -9.40. The Morgan fingerprint density at radius 1 is 0.295 bits per heavy atom. The molecule has 11 aromatic carbocycles. The first-order valence-corrected chi connectivity index (χ1v) is 29.1. The molecule has 0 saturated carbocycles. The largest absolute Gasteiger partial charge is 0.497 e. The minimum absolute atomic E-state index is 0.171. The third-order valence-electron chi connectivity index (χ3n) is 12.7. The van der Waals surface area contributed by atoms with Gasteiger partial charge >= 0.3 is 6.18 Å². The molecule has 460 valence electrons. The van der Waals surface area contributed by atoms with Gasteiger partial charge in [-0.05, 0) is 164 Å². The van der Waals surface area contributed by atoms with Gasteiger partial charge in [0.2, 0.25) is 0 Å². The Kier molecular flexibility index (Phi) is 33.8. The van der Waals surface area contributed by atoms with Crippen molar-refractivity contribution in [2.24, 2.45) is 0 Å². The van der Waals surface area contributed by atoms with Gasteiger partial charge in [0.1, 0.15) is 17.3 Å². The number of aryl methyl sites for hydroxylation is 10. The van der Waals surface area contributed by atoms with Gasteiger partial charge in [-0.15, -0.1) is 0 Å². The van der Waals surface area contributed by atoms with Crippen molar-refractivity contribution in [3.05, 3.63) is 334 Å². The van der Waals surface area contributed by atoms with Gasteiger partial charge in [0.05, 0.1) is 33.5 Å². The number of halogens is 4. The van der Waals surface area contributed by atoms with Crippen LogP contribution in [0, 0.1) is 75.1 Å². The molecule has 4 nitrogen and oxygen atoms in total. The van der Waals surface area contributed by atoms with Crippen LogP contribution >= 0.6 is 0 Å². The molecular formula is C80H88F4O4. The van der Waals surface area contributed by atoms with Crippen LogP contribution in [0.5, 0.6) is 23.0 Å². The summed E-state index contributed by atoms with van der Waals surface area (Å²) in [5, 5.41) is 2.64. The van der Waals surface area contributed by atoms with E-state index < -0.39 is 11.7 Å². The molecule has 0 radical (unpaired) electrons. The molecule has 0 aromatic heterocycles. The molecule has 0 amide bonds. The van der Waals surface area contributed by atoms with Crippen molar-refractivity contribution in [1.82, 2.24) is 0 Å². The summed E-state index contributed by atoms with van der Waals surface area (Å²) < 4.78 is 68.2. The van der Waals surface area contributed by atoms with Crippen molar-refractivity contribution in [2.75, 3.05) is 27.9 Å². The molecule has 88 heavy (non-hydrogen) atoms. The number of methoxy groups -OCH3 is 3. The quantitative estimate of drug-likeness (QED) is 0.156. The molecule has 11 aromatic rings. The number of ether oxygens (including phenoxy) is 4. The Morgan fingerprint density at radius 2 is 0.636 bits per heavy atom. The zero-order valence-corrected chi connectivity index (χ0v) is 53.8. The van der Waals surface area contributed by atoms with Crippen LogP contribution in [-0.4, -0.2) is 27.9 Å². The Morgan fingerprint density at radius 3 is 1.05 bits per heavy atom. The summed E-state index contributed by atoms with van der Waals surface area (Å²) in [6, 6.07) is 86.0. The second kappa shape index (κ2) is 40.8. The van der Waals surface area contributed by atoms with Gasteiger partial charge in [0.15, 0.2) is 11.5 Å². The molecular weight excluding hydrogens is 1100 g/mol. The zero-order chi connectivity index (χ0) is 64.7. The minimum atomic E-state index is -4.21. The van der Waals surface area contributed by atoms with Crippen LogP contribution in [0.2, 0.25) is 0 Å². The van der Waals surface area contributed by atoms with Crippen LogP contribution in [0.4, 0.5) is 17.6 Å². The van der Waals surface area contributed by atoms with Gasteiger partial charge in [-0.3, -0.25) is 0 Å². The van der Waals surface area contributed by atoms with E-state index in [1.165, 1.54) is 90.7 Å². The highest BCUT2D eigenvalue weighted by Crippen LogP contribution is 2.29. The highest BCUT2D eigenvalue weighted by molar-refractivity contribution is 5.82. The number of benzene rings is 11. The van der Waals surface area contributed by atoms with Crippen LogP contribution in [0.3, 0.4) is 0 Å². The van der Waals surface area contributed by atoms with Crippen molar-refractivity contribution in [3.8, 4) is 34.1 Å². The molecule has 0 heterocycles. The van der Waals surface area contributed by atoms with E-state index in [-0.39, 0.29) is 5.82 Å². The summed E-state index contributed by atoms with van der Waals surface area (Å²) in [4.78, 5) is 0. The van der Waals surface area contributed by atoms with E-state index in [0.29, 0.717) is 0 Å². The predicted octanol–water partition coefficient (Wildman–Crippen LogP) is 22.7. The second-order valence-corrected chi connectivity index (χ2v) is 20.7. The van der Waals surface area contributed by atoms with Crippen LogP contribution in [0.25, 0.3) is 21.9 Å². The fourth-order valence-corrected chi connectivity index (χ4v) is 7.55. The predicted molar refractivity (Wildman–Crippen MR) is 364 cm³/mol. The lowest BCUT2D eigenvalue weighted by Crippen LogP contribution is -2.03. The van der Waals surface area contributed by atoms with Gasteiger partial charge in [0, 0.05) is 0 Å². The highest BCUT2D eigenvalue weighted by Gasteiger charge is 2.29. The van der Waals surface area contributed by atoms with E-state index in [9.17, 15) is 17.6 Å². The summed E-state index contributed by atoms with van der Waals surface area (Å²) in [6.45, 7) is 23.0. The second-order valence-electron chi connectivity index (χ2n) is 20.7. The lowest BCUT2D eigenvalue weighted by atomic mass is 10.0. The van der Waals surface area contributed by atoms with E-state index in [1.54, 1.807) is 40.4 Å². The number of hydrogen-bond donors (Lipinski definition) is 0. The summed E-state index contributed by atoms with van der Waals surface area (Å²) >= 11 is 0. The lowest BCUT2D eigenvalue weighted by molar-refractivity contribution is -0.137. The van der Waals surface area contributed by atoms with Crippen LogP contribution in [-0.2, 0) is 6.18 Å². The Labute approximate surface area is 523 Å². The SMILES string of the molecule is CCOc1ccc(C)cc1.COc1ccc(C)cc1.COc1ccc(C)cc1OC.Cc1ccc(-c2ccccc2)cc1.Cc1ccc(C(F)(F)F)cc1.Cc1ccc(C)cc1.Cc1ccc(F)cc1.Cc1ccc2ccccc2c1.Cc1ccccc1. The average molecular weight is 1190 g/mol. The van der Waals surface area contributed by atoms with E-state index in [1.807, 2.05) is 112 Å². The first-order chi connectivity index (χ1) is 42.1. The van der Waals surface area contributed by atoms with Gasteiger partial charge in [0.25, 0.3) is 0 Å². The molecule has 8 heteroatoms. The van der Waals surface area contributed by atoms with E-state index in [2.05, 4.69) is 176 Å². The van der Waals surface area contributed by atoms with Gasteiger partial charge in [-0.25, -0.2) is 4.39 Å². The normalized spacial score (nSPS) is 9.75. The molecule has 0 unspecified atom stereocenters. The van der Waals surface area contributed by atoms with Gasteiger partial charge in [-0.1, -0.05) is 256 Å². The topological polar surface area (TPSA) is 36.9 Å². The van der Waals surface area contributed by atoms with E-state index >= 15 is 0 Å². The number of hydrogen-bond acceptors (Lipinski definition) is 4. The molecule has 0 aliphatic rings. The molecule has 0 atom stereocenters. The smallest absolute Gasteiger partial charge is 0.416 e. The van der Waals surface area contributed by atoms with E-state index in [4.69, 9.17) is 18.9 Å². The number of alkyl halides is 3. The maximum Gasteiger partial charge on any atom is 0.416 e. The third-order valence-corrected chi connectivity index (χ3v) is 12.7. The maximum atomic E-state index is 12.1. The van der Waals surface area contributed by atoms with Gasteiger partial charge in [-0.2, -0.15) is 13.2 Å². The zero-order valence-electron chi connectivity index (χ0n) is 53.8. The first-order valence-electron chi connectivity index (χ1n) is 29.1. The van der Waals surface area contributed by atoms with Crippen LogP contribution in [0.1, 0.15) is 68.1 Å². The summed E-state index contributed by atoms with van der Waals surface area (Å²) in [5.74, 6) is 3.26. The van der Waals surface area contributed by atoms with Crippen molar-refractivity contribution in [1.29, 1.82) is 0 Å². The van der Waals surface area contributed by atoms with Crippen molar-refractivity contribution >= 4 is 10.8 Å². The van der Waals surface area contributed by atoms with Crippen LogP contribution < -0.4 is 18.9 Å². The standard InChI is InChI=1S/C13H12.C11H10.C9H12O2.C9H12O.C8H7F3.C8H10O.C8H10.C7H7F.C7H8/c1-11-7-9-13(10-8-11)12-5-3-2-4-6-12;1-9-6-7-10-4-2-3-5-11(10)8-9;1-7-4-5-8(10-2)9(6-7)11-3;1-3-10-9-6-4-8(2)5-7-9;1-6-2-4-7(5-3-6)8(9,10)11;1-7-3-5-8(9-2)6-4-7;1-7-3-5-8(2)6-4-7;1-6-2-4-7(8)5-3-6;1-7-5-3-2-4-6-7/h2-10H,1H3;2-8H,1H3;4-6H,1-3H3;4-7H,3H2,1-2H3;2-5H,1H3;3-6H,1-2H3;3-6H,1-2H3;2-5H,1H3;2-6H,1H3. The lowest BCUT2D eigenvalue weighted by Gasteiger charge is -2.06. The fourth-order valence-electron chi connectivity index (χ4n) is 7.55. The summed E-state index contributed by atoms with van der Waals surface area (Å²) in [7, 11) is 4.94. The Balaban J connectivity index is 0.000000260. The van der Waals surface area contributed by atoms with Crippen molar-refractivity contribution in [2.45, 2.75) is 82.3 Å². The molecule has 11 rings (SSSR count). The highest BCUT2D eigenvalue weighted by atomic mass is 19.4.